The molecule has 0 fully saturated rings. The van der Waals surface area contributed by atoms with Crippen LogP contribution >= 0.6 is 11.3 Å². The average molecular weight is 346 g/mol. The van der Waals surface area contributed by atoms with Crippen molar-refractivity contribution in [2.24, 2.45) is 0 Å². The van der Waals surface area contributed by atoms with Gasteiger partial charge in [-0.2, -0.15) is 4.98 Å². The molecule has 1 aliphatic carbocycles. The van der Waals surface area contributed by atoms with Gasteiger partial charge in [0.15, 0.2) is 0 Å². The Kier molecular flexibility index (Phi) is 3.45. The summed E-state index contributed by atoms with van der Waals surface area (Å²) in [7, 11) is 0. The van der Waals surface area contributed by atoms with Crippen LogP contribution in [-0.2, 0) is 12.8 Å². The Balaban J connectivity index is 1.71. The van der Waals surface area contributed by atoms with Crippen LogP contribution in [0.25, 0.3) is 21.0 Å². The molecule has 2 aromatic carbocycles. The first kappa shape index (κ1) is 14.8. The van der Waals surface area contributed by atoms with Crippen molar-refractivity contribution in [3.8, 4) is 11.6 Å². The molecule has 0 atom stereocenters. The van der Waals surface area contributed by atoms with E-state index in [9.17, 15) is 0 Å². The summed E-state index contributed by atoms with van der Waals surface area (Å²) in [5.41, 5.74) is 1.40. The zero-order valence-corrected chi connectivity index (χ0v) is 14.9. The summed E-state index contributed by atoms with van der Waals surface area (Å²) in [4.78, 5) is 11.9. The average Bonchev–Trinajstić information content (AvgIpc) is 3.00. The third kappa shape index (κ3) is 2.48. The van der Waals surface area contributed by atoms with Crippen LogP contribution in [0.5, 0.6) is 11.6 Å². The van der Waals surface area contributed by atoms with Crippen LogP contribution in [0, 0.1) is 6.92 Å². The molecule has 0 aliphatic heterocycles. The summed E-state index contributed by atoms with van der Waals surface area (Å²) in [5.74, 6) is 2.33. The fraction of sp³-hybridized carbons (Fsp3) is 0.238. The first-order chi connectivity index (χ1) is 12.3. The van der Waals surface area contributed by atoms with Crippen molar-refractivity contribution in [3.05, 3.63) is 58.7 Å². The smallest absolute Gasteiger partial charge is 0.231 e. The van der Waals surface area contributed by atoms with Crippen LogP contribution in [0.2, 0.25) is 0 Å². The van der Waals surface area contributed by atoms with Gasteiger partial charge in [0.1, 0.15) is 16.4 Å². The molecule has 4 aromatic rings. The number of hydrogen-bond donors (Lipinski definition) is 0. The Hall–Kier alpha value is -2.46. The predicted octanol–water partition coefficient (Wildman–Crippen LogP) is 5.82. The Morgan fingerprint density at radius 1 is 0.960 bits per heavy atom. The summed E-state index contributed by atoms with van der Waals surface area (Å²) in [6.45, 7) is 1.94. The molecule has 2 aromatic heterocycles. The molecule has 0 saturated carbocycles. The molecule has 124 valence electrons. The first-order valence-corrected chi connectivity index (χ1v) is 9.56. The minimum absolute atomic E-state index is 0.707. The second-order valence-corrected chi connectivity index (χ2v) is 7.63. The molecule has 2 heterocycles. The van der Waals surface area contributed by atoms with Crippen molar-refractivity contribution in [2.45, 2.75) is 32.6 Å². The highest BCUT2D eigenvalue weighted by Crippen LogP contribution is 2.41. The van der Waals surface area contributed by atoms with E-state index in [2.05, 4.69) is 34.2 Å². The van der Waals surface area contributed by atoms with E-state index in [1.807, 2.05) is 36.5 Å². The molecular weight excluding hydrogens is 328 g/mol. The topological polar surface area (TPSA) is 35.0 Å². The number of ether oxygens (including phenoxy) is 1. The number of fused-ring (bicyclic) bond motifs is 4. The number of aryl methyl sites for hydroxylation is 3. The lowest BCUT2D eigenvalue weighted by molar-refractivity contribution is 0.471. The Bertz CT molecular complexity index is 1090. The number of hydrogen-bond acceptors (Lipinski definition) is 4. The van der Waals surface area contributed by atoms with Crippen molar-refractivity contribution in [1.29, 1.82) is 0 Å². The van der Waals surface area contributed by atoms with Crippen molar-refractivity contribution in [1.82, 2.24) is 9.97 Å². The number of thiophene rings is 1. The summed E-state index contributed by atoms with van der Waals surface area (Å²) in [6.07, 6.45) is 4.77. The van der Waals surface area contributed by atoms with Crippen molar-refractivity contribution in [2.75, 3.05) is 0 Å². The molecule has 0 unspecified atom stereocenters. The van der Waals surface area contributed by atoms with E-state index in [4.69, 9.17) is 4.74 Å². The predicted molar refractivity (Wildman–Crippen MR) is 103 cm³/mol. The van der Waals surface area contributed by atoms with Gasteiger partial charge in [-0.25, -0.2) is 4.98 Å². The van der Waals surface area contributed by atoms with E-state index in [0.717, 1.165) is 40.0 Å². The van der Waals surface area contributed by atoms with Crippen LogP contribution in [0.3, 0.4) is 0 Å². The molecule has 0 N–H and O–H groups in total. The van der Waals surface area contributed by atoms with Crippen LogP contribution in [-0.4, -0.2) is 9.97 Å². The maximum atomic E-state index is 6.37. The monoisotopic (exact) mass is 346 g/mol. The zero-order valence-electron chi connectivity index (χ0n) is 14.1. The van der Waals surface area contributed by atoms with E-state index in [1.165, 1.54) is 28.7 Å². The van der Waals surface area contributed by atoms with E-state index in [-0.39, 0.29) is 0 Å². The van der Waals surface area contributed by atoms with Gasteiger partial charge in [-0.05, 0) is 49.6 Å². The lowest BCUT2D eigenvalue weighted by Crippen LogP contribution is -2.00. The molecule has 3 nitrogen and oxygen atoms in total. The van der Waals surface area contributed by atoms with Crippen molar-refractivity contribution in [3.63, 3.8) is 0 Å². The third-order valence-corrected chi connectivity index (χ3v) is 6.04. The summed E-state index contributed by atoms with van der Waals surface area (Å²) in [6, 6.07) is 14.5. The number of aromatic nitrogens is 2. The Morgan fingerprint density at radius 2 is 1.80 bits per heavy atom. The highest BCUT2D eigenvalue weighted by molar-refractivity contribution is 7.18. The van der Waals surface area contributed by atoms with Gasteiger partial charge in [-0.3, -0.25) is 0 Å². The lowest BCUT2D eigenvalue weighted by Gasteiger charge is -2.13. The molecule has 0 bridgehead atoms. The fourth-order valence-corrected chi connectivity index (χ4v) is 4.99. The van der Waals surface area contributed by atoms with Crippen molar-refractivity contribution >= 4 is 32.3 Å². The van der Waals surface area contributed by atoms with Gasteiger partial charge < -0.3 is 4.74 Å². The second-order valence-electron chi connectivity index (χ2n) is 6.55. The van der Waals surface area contributed by atoms with Gasteiger partial charge in [0.2, 0.25) is 5.88 Å². The molecule has 0 spiro atoms. The van der Waals surface area contributed by atoms with E-state index < -0.39 is 0 Å². The molecule has 1 aliphatic rings. The Morgan fingerprint density at radius 3 is 2.76 bits per heavy atom. The highest BCUT2D eigenvalue weighted by atomic mass is 32.1. The largest absolute Gasteiger partial charge is 0.438 e. The van der Waals surface area contributed by atoms with Gasteiger partial charge in [0, 0.05) is 10.3 Å². The minimum atomic E-state index is 0.707. The van der Waals surface area contributed by atoms with E-state index >= 15 is 0 Å². The quantitative estimate of drug-likeness (QED) is 0.458. The van der Waals surface area contributed by atoms with Gasteiger partial charge in [-0.15, -0.1) is 11.3 Å². The standard InChI is InChI=1S/C21H18N2OS/c1-13-22-20(19-16-10-4-5-12-18(16)25-21(19)23-13)24-17-11-6-8-14-7-2-3-9-15(14)17/h2-3,6-9,11H,4-5,10,12H2,1H3. The molecule has 4 heteroatoms. The SMILES string of the molecule is Cc1nc(Oc2cccc3ccccc23)c2c3c(sc2n1)CCCC3. The van der Waals surface area contributed by atoms with Gasteiger partial charge in [-0.1, -0.05) is 36.4 Å². The van der Waals surface area contributed by atoms with Gasteiger partial charge in [0.25, 0.3) is 0 Å². The normalized spacial score (nSPS) is 14.0. The Labute approximate surface area is 150 Å². The molecule has 0 saturated heterocycles. The number of benzene rings is 2. The van der Waals surface area contributed by atoms with Crippen molar-refractivity contribution < 1.29 is 4.74 Å². The lowest BCUT2D eigenvalue weighted by atomic mass is 9.97. The van der Waals surface area contributed by atoms with Crippen LogP contribution in [0.15, 0.2) is 42.5 Å². The van der Waals surface area contributed by atoms with Crippen LogP contribution in [0.1, 0.15) is 29.1 Å². The molecule has 0 radical (unpaired) electrons. The maximum absolute atomic E-state index is 6.37. The first-order valence-electron chi connectivity index (χ1n) is 8.74. The zero-order chi connectivity index (χ0) is 16.8. The summed E-state index contributed by atoms with van der Waals surface area (Å²) >= 11 is 1.81. The van der Waals surface area contributed by atoms with Gasteiger partial charge >= 0.3 is 0 Å². The molecule has 5 rings (SSSR count). The molecular formula is C21H18N2OS. The fourth-order valence-electron chi connectivity index (χ4n) is 3.69. The third-order valence-electron chi connectivity index (χ3n) is 4.85. The second kappa shape index (κ2) is 5.81. The van der Waals surface area contributed by atoms with Gasteiger partial charge in [0.05, 0.1) is 5.39 Å². The van der Waals surface area contributed by atoms with Crippen LogP contribution < -0.4 is 4.74 Å². The highest BCUT2D eigenvalue weighted by Gasteiger charge is 2.22. The summed E-state index contributed by atoms with van der Waals surface area (Å²) in [5, 5.41) is 3.41. The minimum Gasteiger partial charge on any atom is -0.438 e. The molecule has 25 heavy (non-hydrogen) atoms. The number of rotatable bonds is 2. The van der Waals surface area contributed by atoms with E-state index in [1.54, 1.807) is 0 Å². The van der Waals surface area contributed by atoms with E-state index in [0.29, 0.717) is 5.88 Å². The summed E-state index contributed by atoms with van der Waals surface area (Å²) < 4.78 is 6.37. The number of nitrogens with zero attached hydrogens (tertiary/aromatic N) is 2. The van der Waals surface area contributed by atoms with Crippen LogP contribution in [0.4, 0.5) is 0 Å². The molecule has 0 amide bonds. The maximum Gasteiger partial charge on any atom is 0.231 e.